The van der Waals surface area contributed by atoms with Crippen molar-refractivity contribution in [2.45, 2.75) is 27.3 Å². The van der Waals surface area contributed by atoms with Crippen molar-refractivity contribution in [1.82, 2.24) is 15.1 Å². The standard InChI is InChI=1S/C16H18ClN3O4S/c1-9(2)7-20-14(17)13(10(3)19-20)16(23)24-8-12(21)18-15(22)11-5-4-6-25-11/h4-6,9H,7-8H2,1-3H3,(H,18,21,22). The smallest absolute Gasteiger partial charge is 0.343 e. The molecule has 0 atom stereocenters. The molecule has 1 N–H and O–H groups in total. The van der Waals surface area contributed by atoms with E-state index >= 15 is 0 Å². The number of imide groups is 1. The van der Waals surface area contributed by atoms with Gasteiger partial charge in [0.1, 0.15) is 10.7 Å². The Balaban J connectivity index is 1.95. The fraction of sp³-hybridized carbons (Fsp3) is 0.375. The first kappa shape index (κ1) is 19.1. The molecule has 0 aliphatic carbocycles. The van der Waals surface area contributed by atoms with Gasteiger partial charge in [0.05, 0.1) is 10.6 Å². The van der Waals surface area contributed by atoms with Crippen LogP contribution >= 0.6 is 22.9 Å². The summed E-state index contributed by atoms with van der Waals surface area (Å²) in [6, 6.07) is 3.29. The minimum atomic E-state index is -0.753. The molecule has 0 unspecified atom stereocenters. The van der Waals surface area contributed by atoms with Gasteiger partial charge in [0.25, 0.3) is 11.8 Å². The molecule has 2 amide bonds. The van der Waals surface area contributed by atoms with Crippen LogP contribution in [0.3, 0.4) is 0 Å². The zero-order valence-electron chi connectivity index (χ0n) is 14.0. The van der Waals surface area contributed by atoms with Crippen molar-refractivity contribution in [3.05, 3.63) is 38.8 Å². The lowest BCUT2D eigenvalue weighted by Crippen LogP contribution is -2.33. The number of esters is 1. The molecule has 0 aliphatic heterocycles. The summed E-state index contributed by atoms with van der Waals surface area (Å²) >= 11 is 7.39. The van der Waals surface area contributed by atoms with Crippen LogP contribution in [0.1, 0.15) is 39.6 Å². The van der Waals surface area contributed by atoms with Crippen molar-refractivity contribution >= 4 is 40.7 Å². The van der Waals surface area contributed by atoms with E-state index in [0.717, 1.165) is 0 Å². The molecular weight excluding hydrogens is 366 g/mol. The molecule has 0 saturated carbocycles. The highest BCUT2D eigenvalue weighted by molar-refractivity contribution is 7.12. The van der Waals surface area contributed by atoms with Crippen LogP contribution in [0.4, 0.5) is 0 Å². The molecule has 2 rings (SSSR count). The molecule has 7 nitrogen and oxygen atoms in total. The highest BCUT2D eigenvalue weighted by atomic mass is 35.5. The molecule has 25 heavy (non-hydrogen) atoms. The molecule has 2 aromatic rings. The molecule has 0 radical (unpaired) electrons. The zero-order chi connectivity index (χ0) is 18.6. The number of halogens is 1. The summed E-state index contributed by atoms with van der Waals surface area (Å²) in [6.45, 7) is 5.62. The van der Waals surface area contributed by atoms with Crippen LogP contribution < -0.4 is 5.32 Å². The van der Waals surface area contributed by atoms with Crippen molar-refractivity contribution in [2.24, 2.45) is 5.92 Å². The number of nitrogens with zero attached hydrogens (tertiary/aromatic N) is 2. The van der Waals surface area contributed by atoms with Gasteiger partial charge in [-0.2, -0.15) is 5.10 Å². The van der Waals surface area contributed by atoms with Crippen molar-refractivity contribution in [3.8, 4) is 0 Å². The number of amides is 2. The summed E-state index contributed by atoms with van der Waals surface area (Å²) in [7, 11) is 0. The van der Waals surface area contributed by atoms with Crippen molar-refractivity contribution in [3.63, 3.8) is 0 Å². The third-order valence-electron chi connectivity index (χ3n) is 3.14. The lowest BCUT2D eigenvalue weighted by Gasteiger charge is -2.07. The van der Waals surface area contributed by atoms with E-state index in [9.17, 15) is 14.4 Å². The summed E-state index contributed by atoms with van der Waals surface area (Å²) in [5.74, 6) is -1.70. The number of aromatic nitrogens is 2. The Morgan fingerprint density at radius 3 is 2.72 bits per heavy atom. The molecule has 0 spiro atoms. The fourth-order valence-electron chi connectivity index (χ4n) is 2.09. The van der Waals surface area contributed by atoms with Gasteiger partial charge in [-0.15, -0.1) is 11.3 Å². The molecule has 134 valence electrons. The summed E-state index contributed by atoms with van der Waals surface area (Å²) in [4.78, 5) is 36.1. The number of aryl methyl sites for hydroxylation is 1. The van der Waals surface area contributed by atoms with Crippen LogP contribution in [0.25, 0.3) is 0 Å². The summed E-state index contributed by atoms with van der Waals surface area (Å²) < 4.78 is 6.48. The van der Waals surface area contributed by atoms with Gasteiger partial charge in [-0.3, -0.25) is 19.6 Å². The zero-order valence-corrected chi connectivity index (χ0v) is 15.6. The van der Waals surface area contributed by atoms with Crippen molar-refractivity contribution < 1.29 is 19.1 Å². The third-order valence-corrected chi connectivity index (χ3v) is 4.39. The van der Waals surface area contributed by atoms with Gasteiger partial charge in [0, 0.05) is 6.54 Å². The van der Waals surface area contributed by atoms with Crippen LogP contribution in [0.5, 0.6) is 0 Å². The molecule has 2 heterocycles. The summed E-state index contributed by atoms with van der Waals surface area (Å²) in [6.07, 6.45) is 0. The number of nitrogens with one attached hydrogen (secondary N) is 1. The predicted octanol–water partition coefficient (Wildman–Crippen LogP) is 2.68. The summed E-state index contributed by atoms with van der Waals surface area (Å²) in [5, 5.41) is 8.26. The number of rotatable bonds is 6. The van der Waals surface area contributed by atoms with E-state index in [4.69, 9.17) is 16.3 Å². The van der Waals surface area contributed by atoms with E-state index in [1.54, 1.807) is 24.4 Å². The number of carbonyl (C=O) groups is 3. The predicted molar refractivity (Wildman–Crippen MR) is 93.9 cm³/mol. The highest BCUT2D eigenvalue weighted by Crippen LogP contribution is 2.21. The number of carbonyl (C=O) groups excluding carboxylic acids is 3. The monoisotopic (exact) mass is 383 g/mol. The Labute approximate surface area is 153 Å². The van der Waals surface area contributed by atoms with Crippen molar-refractivity contribution in [1.29, 1.82) is 0 Å². The van der Waals surface area contributed by atoms with E-state index in [0.29, 0.717) is 23.0 Å². The lowest BCUT2D eigenvalue weighted by atomic mass is 10.2. The molecule has 0 aliphatic rings. The quantitative estimate of drug-likeness (QED) is 0.774. The van der Waals surface area contributed by atoms with E-state index < -0.39 is 24.4 Å². The third kappa shape index (κ3) is 4.90. The van der Waals surface area contributed by atoms with E-state index in [1.165, 1.54) is 16.0 Å². The van der Waals surface area contributed by atoms with Gasteiger partial charge in [-0.25, -0.2) is 4.79 Å². The molecule has 9 heteroatoms. The van der Waals surface area contributed by atoms with Gasteiger partial charge < -0.3 is 4.74 Å². The van der Waals surface area contributed by atoms with Gasteiger partial charge in [0.2, 0.25) is 0 Å². The SMILES string of the molecule is Cc1nn(CC(C)C)c(Cl)c1C(=O)OCC(=O)NC(=O)c1cccs1. The number of ether oxygens (including phenoxy) is 1. The largest absolute Gasteiger partial charge is 0.452 e. The normalized spacial score (nSPS) is 10.8. The van der Waals surface area contributed by atoms with Crippen LogP contribution in [0, 0.1) is 12.8 Å². The van der Waals surface area contributed by atoms with E-state index in [1.807, 2.05) is 13.8 Å². The maximum atomic E-state index is 12.2. The molecule has 0 bridgehead atoms. The van der Waals surface area contributed by atoms with E-state index in [-0.39, 0.29) is 10.7 Å². The van der Waals surface area contributed by atoms with Gasteiger partial charge in [-0.1, -0.05) is 31.5 Å². The maximum absolute atomic E-state index is 12.2. The average molecular weight is 384 g/mol. The van der Waals surface area contributed by atoms with E-state index in [2.05, 4.69) is 10.4 Å². The first-order chi connectivity index (χ1) is 11.8. The lowest BCUT2D eigenvalue weighted by molar-refractivity contribution is -0.123. The Bertz CT molecular complexity index is 784. The van der Waals surface area contributed by atoms with Gasteiger partial charge in [0.15, 0.2) is 6.61 Å². The Morgan fingerprint density at radius 2 is 2.12 bits per heavy atom. The van der Waals surface area contributed by atoms with Crippen LogP contribution in [-0.2, 0) is 16.1 Å². The first-order valence-corrected chi connectivity index (χ1v) is 8.83. The Kier molecular flexibility index (Phi) is 6.33. The minimum Gasteiger partial charge on any atom is -0.452 e. The molecule has 2 aromatic heterocycles. The Morgan fingerprint density at radius 1 is 1.40 bits per heavy atom. The molecular formula is C16H18ClN3O4S. The van der Waals surface area contributed by atoms with Crippen LogP contribution in [0.2, 0.25) is 5.15 Å². The number of thiophene rings is 1. The first-order valence-electron chi connectivity index (χ1n) is 7.57. The number of hydrogen-bond acceptors (Lipinski definition) is 6. The second-order valence-electron chi connectivity index (χ2n) is 5.76. The molecule has 0 saturated heterocycles. The van der Waals surface area contributed by atoms with Gasteiger partial charge >= 0.3 is 5.97 Å². The maximum Gasteiger partial charge on any atom is 0.343 e. The molecule has 0 fully saturated rings. The molecule has 0 aromatic carbocycles. The second kappa shape index (κ2) is 8.26. The topological polar surface area (TPSA) is 90.3 Å². The fourth-order valence-corrected chi connectivity index (χ4v) is 3.03. The summed E-state index contributed by atoms with van der Waals surface area (Å²) in [5.41, 5.74) is 0.547. The Hall–Kier alpha value is -2.19. The minimum absolute atomic E-state index is 0.125. The van der Waals surface area contributed by atoms with Crippen LogP contribution in [0.15, 0.2) is 17.5 Å². The highest BCUT2D eigenvalue weighted by Gasteiger charge is 2.23. The average Bonchev–Trinajstić information content (AvgIpc) is 3.14. The number of hydrogen-bond donors (Lipinski definition) is 1. The van der Waals surface area contributed by atoms with Crippen molar-refractivity contribution in [2.75, 3.05) is 6.61 Å². The second-order valence-corrected chi connectivity index (χ2v) is 7.06. The van der Waals surface area contributed by atoms with Gasteiger partial charge in [-0.05, 0) is 24.3 Å². The van der Waals surface area contributed by atoms with Crippen LogP contribution in [-0.4, -0.2) is 34.2 Å².